The molecule has 0 bridgehead atoms. The zero-order chi connectivity index (χ0) is 15.1. The van der Waals surface area contributed by atoms with E-state index in [0.29, 0.717) is 12.1 Å². The smallest absolute Gasteiger partial charge is 0.260 e. The topological polar surface area (TPSA) is 50.4 Å². The lowest BCUT2D eigenvalue weighted by molar-refractivity contribution is -0.126. The molecular weight excluding hydrogens is 266 g/mol. The van der Waals surface area contributed by atoms with E-state index in [1.165, 1.54) is 26.1 Å². The molecule has 0 aliphatic heterocycles. The van der Waals surface area contributed by atoms with Gasteiger partial charge in [-0.2, -0.15) is 0 Å². The van der Waals surface area contributed by atoms with Gasteiger partial charge >= 0.3 is 0 Å². The SMILES string of the molecule is CCCNCc1cc(F)c(OC(C)C(=O)NC)c(F)c1. The van der Waals surface area contributed by atoms with E-state index in [0.717, 1.165) is 13.0 Å². The highest BCUT2D eigenvalue weighted by Crippen LogP contribution is 2.24. The molecule has 20 heavy (non-hydrogen) atoms. The van der Waals surface area contributed by atoms with Gasteiger partial charge in [-0.25, -0.2) is 8.78 Å². The van der Waals surface area contributed by atoms with Gasteiger partial charge in [0.2, 0.25) is 0 Å². The number of hydrogen-bond acceptors (Lipinski definition) is 3. The molecule has 0 spiro atoms. The van der Waals surface area contributed by atoms with Gasteiger partial charge in [0, 0.05) is 13.6 Å². The molecule has 0 saturated carbocycles. The van der Waals surface area contributed by atoms with E-state index in [1.807, 2.05) is 6.92 Å². The van der Waals surface area contributed by atoms with Crippen LogP contribution in [0.3, 0.4) is 0 Å². The average Bonchev–Trinajstić information content (AvgIpc) is 2.42. The van der Waals surface area contributed by atoms with Crippen LogP contribution in [0, 0.1) is 11.6 Å². The number of hydrogen-bond donors (Lipinski definition) is 2. The number of nitrogens with one attached hydrogen (secondary N) is 2. The predicted molar refractivity (Wildman–Crippen MR) is 72.5 cm³/mol. The number of rotatable bonds is 7. The maximum atomic E-state index is 13.8. The van der Waals surface area contributed by atoms with Crippen molar-refractivity contribution in [3.63, 3.8) is 0 Å². The molecule has 6 heteroatoms. The minimum absolute atomic E-state index is 0.382. The van der Waals surface area contributed by atoms with Crippen LogP contribution in [-0.4, -0.2) is 25.6 Å². The van der Waals surface area contributed by atoms with Crippen molar-refractivity contribution in [1.82, 2.24) is 10.6 Å². The molecule has 1 aromatic carbocycles. The molecule has 0 aliphatic rings. The van der Waals surface area contributed by atoms with E-state index in [1.54, 1.807) is 0 Å². The van der Waals surface area contributed by atoms with Crippen molar-refractivity contribution in [3.8, 4) is 5.75 Å². The van der Waals surface area contributed by atoms with E-state index in [4.69, 9.17) is 4.74 Å². The number of halogens is 2. The Morgan fingerprint density at radius 2 is 1.95 bits per heavy atom. The molecule has 112 valence electrons. The normalized spacial score (nSPS) is 12.1. The second-order valence-electron chi connectivity index (χ2n) is 4.44. The summed E-state index contributed by atoms with van der Waals surface area (Å²) in [6.45, 7) is 4.59. The van der Waals surface area contributed by atoms with E-state index in [2.05, 4.69) is 10.6 Å². The Labute approximate surface area is 117 Å². The number of ether oxygens (including phenoxy) is 1. The predicted octanol–water partition coefficient (Wildman–Crippen LogP) is 1.98. The van der Waals surface area contributed by atoms with Crippen LogP contribution in [-0.2, 0) is 11.3 Å². The van der Waals surface area contributed by atoms with Crippen molar-refractivity contribution in [2.45, 2.75) is 32.9 Å². The first-order valence-corrected chi connectivity index (χ1v) is 6.56. The minimum atomic E-state index is -0.965. The number of carbonyl (C=O) groups is 1. The molecule has 0 saturated heterocycles. The molecule has 2 N–H and O–H groups in total. The van der Waals surface area contributed by atoms with Crippen molar-refractivity contribution in [1.29, 1.82) is 0 Å². The van der Waals surface area contributed by atoms with Gasteiger partial charge in [-0.1, -0.05) is 6.92 Å². The lowest BCUT2D eigenvalue weighted by Crippen LogP contribution is -2.34. The quantitative estimate of drug-likeness (QED) is 0.754. The van der Waals surface area contributed by atoms with Crippen LogP contribution in [0.2, 0.25) is 0 Å². The maximum absolute atomic E-state index is 13.8. The summed E-state index contributed by atoms with van der Waals surface area (Å²) in [5.41, 5.74) is 0.494. The highest BCUT2D eigenvalue weighted by atomic mass is 19.1. The summed E-state index contributed by atoms with van der Waals surface area (Å²) >= 11 is 0. The largest absolute Gasteiger partial charge is 0.475 e. The third-order valence-electron chi connectivity index (χ3n) is 2.72. The van der Waals surface area contributed by atoms with Gasteiger partial charge in [0.05, 0.1) is 0 Å². The van der Waals surface area contributed by atoms with Crippen LogP contribution in [0.1, 0.15) is 25.8 Å². The van der Waals surface area contributed by atoms with Gasteiger partial charge in [0.15, 0.2) is 23.5 Å². The van der Waals surface area contributed by atoms with Gasteiger partial charge in [-0.3, -0.25) is 4.79 Å². The highest BCUT2D eigenvalue weighted by Gasteiger charge is 2.19. The standard InChI is InChI=1S/C14H20F2N2O2/c1-4-5-18-8-10-6-11(15)13(12(16)7-10)20-9(2)14(19)17-3/h6-7,9,18H,4-5,8H2,1-3H3,(H,17,19). The highest BCUT2D eigenvalue weighted by molar-refractivity contribution is 5.80. The van der Waals surface area contributed by atoms with Crippen LogP contribution in [0.4, 0.5) is 8.78 Å². The molecule has 4 nitrogen and oxygen atoms in total. The third kappa shape index (κ3) is 4.45. The van der Waals surface area contributed by atoms with E-state index in [9.17, 15) is 13.6 Å². The van der Waals surface area contributed by atoms with Gasteiger partial charge < -0.3 is 15.4 Å². The summed E-state index contributed by atoms with van der Waals surface area (Å²) in [6.07, 6.45) is -0.0245. The molecule has 1 aromatic rings. The fourth-order valence-corrected chi connectivity index (χ4v) is 1.67. The molecular formula is C14H20F2N2O2. The Balaban J connectivity index is 2.81. The summed E-state index contributed by atoms with van der Waals surface area (Å²) in [6, 6.07) is 2.41. The summed E-state index contributed by atoms with van der Waals surface area (Å²) < 4.78 is 32.7. The zero-order valence-electron chi connectivity index (χ0n) is 11.9. The average molecular weight is 286 g/mol. The van der Waals surface area contributed by atoms with Gasteiger partial charge in [-0.05, 0) is 37.6 Å². The van der Waals surface area contributed by atoms with Crippen LogP contribution in [0.15, 0.2) is 12.1 Å². The van der Waals surface area contributed by atoms with Crippen LogP contribution >= 0.6 is 0 Å². The first-order valence-electron chi connectivity index (χ1n) is 6.56. The second kappa shape index (κ2) is 7.79. The van der Waals surface area contributed by atoms with Crippen molar-refractivity contribution < 1.29 is 18.3 Å². The Bertz CT molecular complexity index is 443. The maximum Gasteiger partial charge on any atom is 0.260 e. The van der Waals surface area contributed by atoms with Crippen LogP contribution in [0.25, 0.3) is 0 Å². The fourth-order valence-electron chi connectivity index (χ4n) is 1.67. The molecule has 0 fully saturated rings. The third-order valence-corrected chi connectivity index (χ3v) is 2.72. The molecule has 1 unspecified atom stereocenters. The minimum Gasteiger partial charge on any atom is -0.475 e. The molecule has 0 heterocycles. The van der Waals surface area contributed by atoms with Crippen molar-refractivity contribution in [2.75, 3.05) is 13.6 Å². The summed E-state index contributed by atoms with van der Waals surface area (Å²) in [4.78, 5) is 11.3. The van der Waals surface area contributed by atoms with Gasteiger partial charge in [0.25, 0.3) is 5.91 Å². The Morgan fingerprint density at radius 1 is 1.35 bits per heavy atom. The molecule has 0 radical (unpaired) electrons. The summed E-state index contributed by atoms with van der Waals surface area (Å²) in [5, 5.41) is 5.41. The lowest BCUT2D eigenvalue weighted by atomic mass is 10.2. The van der Waals surface area contributed by atoms with Crippen LogP contribution < -0.4 is 15.4 Å². The second-order valence-corrected chi connectivity index (χ2v) is 4.44. The number of amides is 1. The molecule has 0 aliphatic carbocycles. The zero-order valence-corrected chi connectivity index (χ0v) is 11.9. The summed E-state index contributed by atoms with van der Waals surface area (Å²) in [5.74, 6) is -2.60. The number of benzene rings is 1. The summed E-state index contributed by atoms with van der Waals surface area (Å²) in [7, 11) is 1.43. The van der Waals surface area contributed by atoms with Gasteiger partial charge in [0.1, 0.15) is 0 Å². The lowest BCUT2D eigenvalue weighted by Gasteiger charge is -2.15. The van der Waals surface area contributed by atoms with E-state index in [-0.39, 0.29) is 0 Å². The molecule has 1 atom stereocenters. The molecule has 1 amide bonds. The van der Waals surface area contributed by atoms with Crippen molar-refractivity contribution in [2.24, 2.45) is 0 Å². The Kier molecular flexibility index (Phi) is 6.38. The monoisotopic (exact) mass is 286 g/mol. The van der Waals surface area contributed by atoms with E-state index < -0.39 is 29.4 Å². The fraction of sp³-hybridized carbons (Fsp3) is 0.500. The van der Waals surface area contributed by atoms with Crippen LogP contribution in [0.5, 0.6) is 5.75 Å². The van der Waals surface area contributed by atoms with E-state index >= 15 is 0 Å². The van der Waals surface area contributed by atoms with Crippen molar-refractivity contribution >= 4 is 5.91 Å². The molecule has 1 rings (SSSR count). The Hall–Kier alpha value is -1.69. The number of carbonyl (C=O) groups excluding carboxylic acids is 1. The first kappa shape index (κ1) is 16.4. The number of likely N-dealkylation sites (N-methyl/N-ethyl adjacent to an activating group) is 1. The van der Waals surface area contributed by atoms with Crippen molar-refractivity contribution in [3.05, 3.63) is 29.3 Å². The van der Waals surface area contributed by atoms with Gasteiger partial charge in [-0.15, -0.1) is 0 Å². The first-order chi connectivity index (χ1) is 9.49. The molecule has 0 aromatic heterocycles. The Morgan fingerprint density at radius 3 is 2.45 bits per heavy atom.